The van der Waals surface area contributed by atoms with E-state index in [-0.39, 0.29) is 92.7 Å². The van der Waals surface area contributed by atoms with Gasteiger partial charge in [-0.05, 0) is 108 Å². The number of carbonyl (C=O) groups excluding carboxylic acids is 3. The zero-order valence-electron chi connectivity index (χ0n) is 28.2. The maximum atomic E-state index is 12.9. The van der Waals surface area contributed by atoms with Gasteiger partial charge in [-0.2, -0.15) is 0 Å². The average molecular weight is 772 g/mol. The van der Waals surface area contributed by atoms with Gasteiger partial charge in [0.05, 0.1) is 9.79 Å². The van der Waals surface area contributed by atoms with E-state index in [1.807, 2.05) is 0 Å². The zero-order chi connectivity index (χ0) is 36.9. The molecule has 0 aliphatic heterocycles. The molecule has 0 saturated heterocycles. The molecule has 18 heteroatoms. The van der Waals surface area contributed by atoms with Crippen LogP contribution in [0.1, 0.15) is 42.2 Å². The van der Waals surface area contributed by atoms with Gasteiger partial charge in [-0.1, -0.05) is 24.3 Å². The minimum atomic E-state index is -5.13. The van der Waals surface area contributed by atoms with Gasteiger partial charge in [0.2, 0.25) is 0 Å². The van der Waals surface area contributed by atoms with Crippen LogP contribution in [0.25, 0.3) is 12.2 Å². The molecule has 0 aromatic heterocycles. The summed E-state index contributed by atoms with van der Waals surface area (Å²) >= 11 is 0. The van der Waals surface area contributed by atoms with Gasteiger partial charge >= 0.3 is 59.1 Å². The van der Waals surface area contributed by atoms with Gasteiger partial charge in [-0.25, -0.2) is 16.8 Å². The summed E-state index contributed by atoms with van der Waals surface area (Å²) in [4.78, 5) is 36.5. The van der Waals surface area contributed by atoms with Gasteiger partial charge in [0.25, 0.3) is 17.7 Å². The Morgan fingerprint density at radius 1 is 0.472 bits per heavy atom. The van der Waals surface area contributed by atoms with Gasteiger partial charge in [-0.15, -0.1) is 0 Å². The van der Waals surface area contributed by atoms with Crippen LogP contribution in [-0.4, -0.2) is 43.7 Å². The number of anilines is 5. The van der Waals surface area contributed by atoms with Crippen LogP contribution in [0.3, 0.4) is 0 Å². The summed E-state index contributed by atoms with van der Waals surface area (Å²) in [6, 6.07) is 25.0. The molecule has 0 fully saturated rings. The van der Waals surface area contributed by atoms with E-state index in [9.17, 15) is 40.3 Å². The van der Waals surface area contributed by atoms with Crippen LogP contribution in [0.5, 0.6) is 0 Å². The number of nitrogens with two attached hydrogens (primary N) is 2. The van der Waals surface area contributed by atoms with Crippen LogP contribution >= 0.6 is 0 Å². The molecule has 7 N–H and O–H groups in total. The Kier molecular flexibility index (Phi) is 14.7. The molecule has 5 rings (SSSR count). The third-order valence-corrected chi connectivity index (χ3v) is 9.06. The Balaban J connectivity index is 0.00000378. The van der Waals surface area contributed by atoms with Crippen molar-refractivity contribution in [3.05, 3.63) is 137 Å². The average Bonchev–Trinajstić information content (AvgIpc) is 3.08. The smallest absolute Gasteiger partial charge is 0.744 e. The molecular formula is C35H27N5Na2O9S2. The fourth-order valence-electron chi connectivity index (χ4n) is 4.70. The van der Waals surface area contributed by atoms with Crippen molar-refractivity contribution >= 4 is 78.5 Å². The molecule has 0 heterocycles. The Hall–Kier alpha value is -4.33. The molecule has 53 heavy (non-hydrogen) atoms. The second-order valence-corrected chi connectivity index (χ2v) is 13.6. The molecule has 0 aliphatic carbocycles. The predicted molar refractivity (Wildman–Crippen MR) is 190 cm³/mol. The molecule has 5 aromatic rings. The van der Waals surface area contributed by atoms with Crippen LogP contribution in [-0.2, 0) is 20.2 Å². The zero-order valence-corrected chi connectivity index (χ0v) is 33.8. The molecule has 0 atom stereocenters. The largest absolute Gasteiger partial charge is 1.00 e. The number of carbonyl (C=O) groups is 3. The Labute approximate surface area is 349 Å². The maximum absolute atomic E-state index is 12.9. The van der Waals surface area contributed by atoms with E-state index in [2.05, 4.69) is 16.0 Å². The van der Waals surface area contributed by atoms with Crippen molar-refractivity contribution in [3.63, 3.8) is 0 Å². The number of benzene rings is 5. The van der Waals surface area contributed by atoms with Crippen LogP contribution in [0, 0.1) is 0 Å². The van der Waals surface area contributed by atoms with Crippen molar-refractivity contribution in [3.8, 4) is 0 Å². The van der Waals surface area contributed by atoms with Crippen LogP contribution in [0.15, 0.2) is 119 Å². The van der Waals surface area contributed by atoms with Gasteiger partial charge in [0.1, 0.15) is 20.2 Å². The van der Waals surface area contributed by atoms with E-state index >= 15 is 0 Å². The van der Waals surface area contributed by atoms with Crippen molar-refractivity contribution < 1.29 is 99.4 Å². The molecule has 260 valence electrons. The minimum Gasteiger partial charge on any atom is -0.744 e. The first-order chi connectivity index (χ1) is 24.1. The van der Waals surface area contributed by atoms with Crippen molar-refractivity contribution in [2.75, 3.05) is 27.4 Å². The van der Waals surface area contributed by atoms with Crippen molar-refractivity contribution in [1.29, 1.82) is 0 Å². The molecule has 0 spiro atoms. The van der Waals surface area contributed by atoms with Crippen LogP contribution in [0.2, 0.25) is 0 Å². The van der Waals surface area contributed by atoms with E-state index in [4.69, 9.17) is 11.5 Å². The maximum Gasteiger partial charge on any atom is 1.00 e. The molecule has 0 aliphatic rings. The second-order valence-electron chi connectivity index (χ2n) is 10.9. The van der Waals surface area contributed by atoms with Crippen molar-refractivity contribution in [2.24, 2.45) is 0 Å². The minimum absolute atomic E-state index is 0. The number of hydrogen-bond acceptors (Lipinski definition) is 11. The summed E-state index contributed by atoms with van der Waals surface area (Å²) in [7, 11) is -10.2. The molecule has 0 bridgehead atoms. The van der Waals surface area contributed by atoms with E-state index in [0.717, 1.165) is 24.3 Å². The van der Waals surface area contributed by atoms with Crippen LogP contribution in [0.4, 0.5) is 28.4 Å². The standard InChI is InChI=1S/C35H29N5O9S2.2Na/c36-26-11-3-23(4-12-26)33(41)38-28-15-9-25(10-16-28)35(43)40-30-18-8-22(32(20-30)51(47,48)49)2-1-21-7-17-29(19-31(21)50(44,45)46)39-34(42)24-5-13-27(37)14-6-24;;/h1-20H,36-37H2,(H,38,41)(H,39,42)(H,40,43)(H,44,45,46)(H,47,48,49);;/q;2*+1/p-2. The first-order valence-electron chi connectivity index (χ1n) is 14.7. The Morgan fingerprint density at radius 2 is 0.755 bits per heavy atom. The third kappa shape index (κ3) is 11.6. The summed E-state index contributed by atoms with van der Waals surface area (Å²) in [5, 5.41) is 7.68. The molecule has 0 saturated carbocycles. The van der Waals surface area contributed by atoms with Gasteiger partial charge in [0, 0.05) is 45.1 Å². The summed E-state index contributed by atoms with van der Waals surface area (Å²) < 4.78 is 72.9. The molecule has 0 unspecified atom stereocenters. The van der Waals surface area contributed by atoms with E-state index in [1.165, 1.54) is 72.8 Å². The summed E-state index contributed by atoms with van der Waals surface area (Å²) in [6.45, 7) is 0. The third-order valence-electron chi connectivity index (χ3n) is 7.27. The van der Waals surface area contributed by atoms with E-state index < -0.39 is 47.7 Å². The molecule has 3 amide bonds. The summed E-state index contributed by atoms with van der Waals surface area (Å²) in [5.41, 5.74) is 13.0. The quantitative estimate of drug-likeness (QED) is 0.0478. The Bertz CT molecular complexity index is 2410. The van der Waals surface area contributed by atoms with Gasteiger partial charge < -0.3 is 36.5 Å². The SMILES string of the molecule is Nc1ccc(C(=O)Nc2ccc(C(=O)Nc3ccc(C=Cc4ccc(NC(=O)c5ccc(N)cc5)cc4S(=O)(=O)[O-])c(S(=O)(=O)[O-])c3)cc2)cc1.[Na+].[Na+]. The van der Waals surface area contributed by atoms with Crippen LogP contribution < -0.4 is 86.5 Å². The molecular weight excluding hydrogens is 745 g/mol. The molecule has 14 nitrogen and oxygen atoms in total. The molecule has 5 aromatic carbocycles. The van der Waals surface area contributed by atoms with Crippen molar-refractivity contribution in [1.82, 2.24) is 0 Å². The number of nitrogens with one attached hydrogen (secondary N) is 3. The second kappa shape index (κ2) is 18.1. The normalized spacial score (nSPS) is 11.1. The number of amides is 3. The first kappa shape index (κ1) is 43.1. The van der Waals surface area contributed by atoms with E-state index in [1.54, 1.807) is 24.3 Å². The number of rotatable bonds is 10. The number of nitrogen functional groups attached to an aromatic ring is 2. The fourth-order valence-corrected chi connectivity index (χ4v) is 6.09. The Morgan fingerprint density at radius 3 is 1.08 bits per heavy atom. The van der Waals surface area contributed by atoms with Crippen molar-refractivity contribution in [2.45, 2.75) is 9.79 Å². The first-order valence-corrected chi connectivity index (χ1v) is 17.5. The van der Waals surface area contributed by atoms with E-state index in [0.29, 0.717) is 22.6 Å². The predicted octanol–water partition coefficient (Wildman–Crippen LogP) is -1.41. The summed E-state index contributed by atoms with van der Waals surface area (Å²) in [5.74, 6) is -1.65. The fraction of sp³-hybridized carbons (Fsp3) is 0. The molecule has 0 radical (unpaired) electrons. The topological polar surface area (TPSA) is 254 Å². The van der Waals surface area contributed by atoms with Gasteiger partial charge in [-0.3, -0.25) is 14.4 Å². The number of hydrogen-bond donors (Lipinski definition) is 5. The van der Waals surface area contributed by atoms with Gasteiger partial charge in [0.15, 0.2) is 0 Å². The monoisotopic (exact) mass is 771 g/mol. The summed E-state index contributed by atoms with van der Waals surface area (Å²) in [6.07, 6.45) is 2.23.